The number of benzene rings is 1. The molecule has 3 heteroatoms. The molecule has 0 radical (unpaired) electrons. The van der Waals surface area contributed by atoms with E-state index in [-0.39, 0.29) is 0 Å². The smallest absolute Gasteiger partial charge is 0.0368 e. The first kappa shape index (κ1) is 16.1. The van der Waals surface area contributed by atoms with E-state index in [4.69, 9.17) is 0 Å². The number of hydrogen-bond donors (Lipinski definition) is 1. The van der Waals surface area contributed by atoms with Gasteiger partial charge in [0.25, 0.3) is 0 Å². The first-order valence-corrected chi connectivity index (χ1v) is 8.54. The number of hydrogen-bond acceptors (Lipinski definition) is 3. The quantitative estimate of drug-likeness (QED) is 0.821. The molecule has 21 heavy (non-hydrogen) atoms. The van der Waals surface area contributed by atoms with Gasteiger partial charge >= 0.3 is 0 Å². The van der Waals surface area contributed by atoms with E-state index in [1.807, 2.05) is 11.3 Å². The van der Waals surface area contributed by atoms with Crippen LogP contribution in [-0.2, 0) is 12.8 Å². The van der Waals surface area contributed by atoms with Crippen molar-refractivity contribution >= 4 is 17.0 Å². The number of nitrogens with zero attached hydrogens (tertiary/aromatic N) is 1. The molecule has 2 rings (SSSR count). The van der Waals surface area contributed by atoms with Crippen molar-refractivity contribution in [1.82, 2.24) is 5.32 Å². The molecule has 0 saturated heterocycles. The van der Waals surface area contributed by atoms with Crippen molar-refractivity contribution in [3.8, 4) is 0 Å². The fourth-order valence-corrected chi connectivity index (χ4v) is 3.49. The van der Waals surface area contributed by atoms with Crippen LogP contribution in [0.4, 0.5) is 5.69 Å². The van der Waals surface area contributed by atoms with Crippen LogP contribution in [0.3, 0.4) is 0 Å². The molecule has 0 bridgehead atoms. The van der Waals surface area contributed by atoms with Crippen LogP contribution in [0.2, 0.25) is 0 Å². The van der Waals surface area contributed by atoms with Crippen LogP contribution in [0.5, 0.6) is 0 Å². The summed E-state index contributed by atoms with van der Waals surface area (Å²) in [6, 6.07) is 13.8. The van der Waals surface area contributed by atoms with Crippen LogP contribution >= 0.6 is 11.3 Å². The van der Waals surface area contributed by atoms with Gasteiger partial charge in [0, 0.05) is 42.0 Å². The molecule has 0 saturated carbocycles. The van der Waals surface area contributed by atoms with E-state index in [0.717, 1.165) is 19.4 Å². The van der Waals surface area contributed by atoms with Crippen molar-refractivity contribution < 1.29 is 0 Å². The van der Waals surface area contributed by atoms with Gasteiger partial charge in [0.2, 0.25) is 0 Å². The number of thiophene rings is 1. The third-order valence-electron chi connectivity index (χ3n) is 3.73. The van der Waals surface area contributed by atoms with E-state index in [1.54, 1.807) is 0 Å². The minimum absolute atomic E-state index is 0.398. The first-order valence-electron chi connectivity index (χ1n) is 7.72. The summed E-state index contributed by atoms with van der Waals surface area (Å²) >= 11 is 1.94. The molecule has 1 aromatic carbocycles. The van der Waals surface area contributed by atoms with E-state index < -0.39 is 0 Å². The summed E-state index contributed by atoms with van der Waals surface area (Å²) < 4.78 is 0. The molecule has 1 atom stereocenters. The van der Waals surface area contributed by atoms with Crippen LogP contribution in [0.15, 0.2) is 36.4 Å². The van der Waals surface area contributed by atoms with Crippen molar-refractivity contribution in [2.75, 3.05) is 25.5 Å². The minimum Gasteiger partial charge on any atom is -0.378 e. The molecule has 0 spiro atoms. The Labute approximate surface area is 132 Å². The van der Waals surface area contributed by atoms with Gasteiger partial charge in [-0.1, -0.05) is 26.0 Å². The Morgan fingerprint density at radius 3 is 2.19 bits per heavy atom. The zero-order valence-electron chi connectivity index (χ0n) is 13.5. The molecule has 0 aliphatic rings. The summed E-state index contributed by atoms with van der Waals surface area (Å²) in [5.74, 6) is 0. The third-order valence-corrected chi connectivity index (χ3v) is 4.99. The van der Waals surface area contributed by atoms with Crippen molar-refractivity contribution in [3.05, 3.63) is 51.7 Å². The lowest BCUT2D eigenvalue weighted by Crippen LogP contribution is -2.22. The Hall–Kier alpha value is -1.32. The lowest BCUT2D eigenvalue weighted by molar-refractivity contribution is 0.553. The molecular formula is C18H26N2S. The van der Waals surface area contributed by atoms with Crippen LogP contribution in [-0.4, -0.2) is 20.6 Å². The number of aryl methyl sites for hydroxylation is 1. The second-order valence-corrected chi connectivity index (χ2v) is 6.77. The summed E-state index contributed by atoms with van der Waals surface area (Å²) in [6.45, 7) is 5.39. The Balaban J connectivity index is 2.13. The molecule has 0 aliphatic heterocycles. The first-order chi connectivity index (χ1) is 10.1. The van der Waals surface area contributed by atoms with Gasteiger partial charge in [-0.25, -0.2) is 0 Å². The highest BCUT2D eigenvalue weighted by Crippen LogP contribution is 2.25. The van der Waals surface area contributed by atoms with Gasteiger partial charge in [0.05, 0.1) is 0 Å². The van der Waals surface area contributed by atoms with E-state index in [0.29, 0.717) is 6.04 Å². The summed E-state index contributed by atoms with van der Waals surface area (Å²) in [7, 11) is 4.16. The average Bonchev–Trinajstić information content (AvgIpc) is 2.94. The monoisotopic (exact) mass is 302 g/mol. The topological polar surface area (TPSA) is 15.3 Å². The Kier molecular flexibility index (Phi) is 5.83. The largest absolute Gasteiger partial charge is 0.378 e. The molecule has 1 unspecified atom stereocenters. The molecule has 0 amide bonds. The molecular weight excluding hydrogens is 276 g/mol. The van der Waals surface area contributed by atoms with Gasteiger partial charge in [-0.3, -0.25) is 0 Å². The SMILES string of the molecule is CCNC(Cc1ccc(CC)s1)c1ccc(N(C)C)cc1. The van der Waals surface area contributed by atoms with Crippen LogP contribution in [0, 0.1) is 0 Å². The van der Waals surface area contributed by atoms with Crippen molar-refractivity contribution in [1.29, 1.82) is 0 Å². The predicted molar refractivity (Wildman–Crippen MR) is 94.6 cm³/mol. The standard InChI is InChI=1S/C18H26N2S/c1-5-16-11-12-17(21-16)13-18(19-6-2)14-7-9-15(10-8-14)20(3)4/h7-12,18-19H,5-6,13H2,1-4H3. The summed E-state index contributed by atoms with van der Waals surface area (Å²) in [4.78, 5) is 5.08. The van der Waals surface area contributed by atoms with Gasteiger partial charge in [0.15, 0.2) is 0 Å². The van der Waals surface area contributed by atoms with E-state index in [9.17, 15) is 0 Å². The average molecular weight is 302 g/mol. The maximum absolute atomic E-state index is 3.62. The number of likely N-dealkylation sites (N-methyl/N-ethyl adjacent to an activating group) is 1. The molecule has 1 N–H and O–H groups in total. The molecule has 1 heterocycles. The van der Waals surface area contributed by atoms with Gasteiger partial charge in [-0.05, 0) is 42.8 Å². The van der Waals surface area contributed by atoms with Crippen molar-refractivity contribution in [3.63, 3.8) is 0 Å². The van der Waals surface area contributed by atoms with Crippen molar-refractivity contribution in [2.24, 2.45) is 0 Å². The Morgan fingerprint density at radius 1 is 1.00 bits per heavy atom. The lowest BCUT2D eigenvalue weighted by atomic mass is 10.0. The van der Waals surface area contributed by atoms with Gasteiger partial charge in [-0.15, -0.1) is 11.3 Å². The van der Waals surface area contributed by atoms with Crippen LogP contribution < -0.4 is 10.2 Å². The molecule has 2 aromatic rings. The number of nitrogens with one attached hydrogen (secondary N) is 1. The van der Waals surface area contributed by atoms with E-state index in [1.165, 1.54) is 21.0 Å². The zero-order valence-corrected chi connectivity index (χ0v) is 14.3. The molecule has 0 fully saturated rings. The van der Waals surface area contributed by atoms with Crippen LogP contribution in [0.1, 0.15) is 35.2 Å². The highest BCUT2D eigenvalue weighted by molar-refractivity contribution is 7.11. The molecule has 1 aromatic heterocycles. The van der Waals surface area contributed by atoms with Crippen LogP contribution in [0.25, 0.3) is 0 Å². The normalized spacial score (nSPS) is 12.4. The molecule has 114 valence electrons. The highest BCUT2D eigenvalue weighted by Gasteiger charge is 2.12. The molecule has 2 nitrogen and oxygen atoms in total. The van der Waals surface area contributed by atoms with Crippen molar-refractivity contribution in [2.45, 2.75) is 32.7 Å². The summed E-state index contributed by atoms with van der Waals surface area (Å²) in [6.07, 6.45) is 2.20. The zero-order chi connectivity index (χ0) is 15.2. The number of rotatable bonds is 7. The van der Waals surface area contributed by atoms with E-state index in [2.05, 4.69) is 74.6 Å². The lowest BCUT2D eigenvalue weighted by Gasteiger charge is -2.19. The number of anilines is 1. The fourth-order valence-electron chi connectivity index (χ4n) is 2.48. The Morgan fingerprint density at radius 2 is 1.67 bits per heavy atom. The second-order valence-electron chi connectivity index (χ2n) is 5.52. The predicted octanol–water partition coefficient (Wildman–Crippen LogP) is 4.27. The maximum atomic E-state index is 3.62. The second kappa shape index (κ2) is 7.62. The third kappa shape index (κ3) is 4.32. The summed E-state index contributed by atoms with van der Waals surface area (Å²) in [5, 5.41) is 3.62. The highest BCUT2D eigenvalue weighted by atomic mass is 32.1. The molecule has 0 aliphatic carbocycles. The van der Waals surface area contributed by atoms with Gasteiger partial charge < -0.3 is 10.2 Å². The van der Waals surface area contributed by atoms with E-state index >= 15 is 0 Å². The Bertz CT molecular complexity index is 543. The maximum Gasteiger partial charge on any atom is 0.0368 e. The minimum atomic E-state index is 0.398. The van der Waals surface area contributed by atoms with Gasteiger partial charge in [-0.2, -0.15) is 0 Å². The van der Waals surface area contributed by atoms with Gasteiger partial charge in [0.1, 0.15) is 0 Å². The fraction of sp³-hybridized carbons (Fsp3) is 0.444. The summed E-state index contributed by atoms with van der Waals surface area (Å²) in [5.41, 5.74) is 2.62.